The number of ether oxygens (including phenoxy) is 7. The molecule has 2 aromatic heterocycles. The maximum Gasteiger partial charge on any atom is 0.340 e. The molecule has 7 heterocycles. The average molecular weight is 2010 g/mol. The van der Waals surface area contributed by atoms with Crippen LogP contribution in [0.25, 0.3) is 28.1 Å². The molecular formula is C92H103BrClF2IN11O16Pd-. The Kier molecular flexibility index (Phi) is 45.6. The van der Waals surface area contributed by atoms with Gasteiger partial charge in [0.15, 0.2) is 0 Å². The summed E-state index contributed by atoms with van der Waals surface area (Å²) in [4.78, 5) is 126. The third-order valence-electron chi connectivity index (χ3n) is 18.6. The number of alkyl halides is 1. The number of rotatable bonds is 19. The summed E-state index contributed by atoms with van der Waals surface area (Å²) in [5.74, 6) is 1.92. The van der Waals surface area contributed by atoms with Crippen LogP contribution in [-0.4, -0.2) is 143 Å². The number of piperidine rings is 2. The molecule has 0 unspecified atom stereocenters. The second-order valence-electron chi connectivity index (χ2n) is 26.9. The number of halogens is 5. The number of carbonyl (C=O) groups is 9. The maximum absolute atomic E-state index is 14.5. The average Bonchev–Trinajstić information content (AvgIpc) is 0.800. The smallest absolute Gasteiger partial charge is 0.340 e. The maximum atomic E-state index is 14.5. The zero-order valence-electron chi connectivity index (χ0n) is 69.0. The largest absolute Gasteiger partial charge is 0.497 e. The fourth-order valence-electron chi connectivity index (χ4n) is 11.9. The predicted octanol–water partition coefficient (Wildman–Crippen LogP) is 17.4. The summed E-state index contributed by atoms with van der Waals surface area (Å²) in [5.41, 5.74) is 19.4. The molecule has 125 heavy (non-hydrogen) atoms. The number of nitrogens with zero attached hydrogens (tertiary/aromatic N) is 8. The van der Waals surface area contributed by atoms with Crippen LogP contribution in [0, 0.1) is 19.1 Å². The Morgan fingerprint density at radius 1 is 0.472 bits per heavy atom. The molecule has 9 aromatic rings. The van der Waals surface area contributed by atoms with Crippen LogP contribution < -0.4 is 40.5 Å². The zero-order chi connectivity index (χ0) is 87.5. The van der Waals surface area contributed by atoms with Gasteiger partial charge < -0.3 is 66.8 Å². The van der Waals surface area contributed by atoms with Gasteiger partial charge in [-0.05, 0) is 189 Å². The van der Waals surface area contributed by atoms with Crippen molar-refractivity contribution in [3.05, 3.63) is 267 Å². The number of aromatic nitrogens is 4. The Morgan fingerprint density at radius 3 is 1.24 bits per heavy atom. The van der Waals surface area contributed by atoms with Crippen molar-refractivity contribution < 1.29 is 106 Å². The van der Waals surface area contributed by atoms with Crippen LogP contribution >= 0.6 is 50.1 Å². The van der Waals surface area contributed by atoms with Gasteiger partial charge >= 0.3 is 11.9 Å². The van der Waals surface area contributed by atoms with Crippen LogP contribution in [-0.2, 0) is 95.5 Å². The van der Waals surface area contributed by atoms with Gasteiger partial charge in [0.25, 0.3) is 0 Å². The summed E-state index contributed by atoms with van der Waals surface area (Å²) >= 11 is 11.0. The van der Waals surface area contributed by atoms with E-state index in [0.29, 0.717) is 123 Å². The molecule has 2 saturated heterocycles. The molecule has 0 bridgehead atoms. The van der Waals surface area contributed by atoms with E-state index >= 15 is 0 Å². The molecule has 14 rings (SSSR count). The number of esters is 2. The van der Waals surface area contributed by atoms with Crippen molar-refractivity contribution >= 4 is 121 Å². The fourth-order valence-corrected chi connectivity index (χ4v) is 13.0. The second kappa shape index (κ2) is 54.0. The van der Waals surface area contributed by atoms with Crippen molar-refractivity contribution in [3.63, 3.8) is 0 Å². The normalized spacial score (nSPS) is 13.6. The van der Waals surface area contributed by atoms with Crippen molar-refractivity contribution in [3.8, 4) is 51.3 Å². The van der Waals surface area contributed by atoms with Crippen molar-refractivity contribution in [2.24, 2.45) is 0 Å². The Balaban J connectivity index is 0.000000317. The summed E-state index contributed by atoms with van der Waals surface area (Å²) in [6, 6.07) is 46.2. The number of nitrogens with two attached hydrogens (primary N) is 2. The molecule has 0 spiro atoms. The monoisotopic (exact) mass is 2000 g/mol. The summed E-state index contributed by atoms with van der Waals surface area (Å²) in [5, 5.41) is 2.20. The van der Waals surface area contributed by atoms with Crippen LogP contribution in [0.3, 0.4) is 0 Å². The van der Waals surface area contributed by atoms with Gasteiger partial charge in [0.05, 0.1) is 105 Å². The van der Waals surface area contributed by atoms with Crippen LogP contribution in [0.2, 0.25) is 0 Å². The number of nitrogens with one attached hydrogen (secondary N) is 1. The first kappa shape index (κ1) is 106. The molecule has 7 amide bonds. The minimum atomic E-state index is -0.772. The number of hydrogen-bond acceptors (Lipinski definition) is 22. The van der Waals surface area contributed by atoms with Gasteiger partial charge in [-0.3, -0.25) is 43.8 Å². The Morgan fingerprint density at radius 2 is 0.848 bits per heavy atom. The first-order valence-corrected chi connectivity index (χ1v) is 40.3. The van der Waals surface area contributed by atoms with E-state index in [2.05, 4.69) is 73.2 Å². The van der Waals surface area contributed by atoms with Crippen LogP contribution in [0.1, 0.15) is 146 Å². The Labute approximate surface area is 768 Å². The first-order valence-electron chi connectivity index (χ1n) is 37.9. The van der Waals surface area contributed by atoms with Gasteiger partial charge in [-0.25, -0.2) is 38.3 Å². The van der Waals surface area contributed by atoms with E-state index < -0.39 is 23.6 Å². The third-order valence-corrected chi connectivity index (χ3v) is 20.1. The molecule has 0 saturated carbocycles. The van der Waals surface area contributed by atoms with Crippen LogP contribution in [0.15, 0.2) is 203 Å². The summed E-state index contributed by atoms with van der Waals surface area (Å²) < 4.78 is 64.4. The third kappa shape index (κ3) is 33.0. The predicted molar refractivity (Wildman–Crippen MR) is 483 cm³/mol. The van der Waals surface area contributed by atoms with Gasteiger partial charge in [-0.2, -0.15) is 0 Å². The molecule has 7 aromatic carbocycles. The number of benzene rings is 7. The van der Waals surface area contributed by atoms with Crippen molar-refractivity contribution in [1.29, 1.82) is 0 Å². The van der Waals surface area contributed by atoms with Gasteiger partial charge in [0.2, 0.25) is 41.4 Å². The van der Waals surface area contributed by atoms with E-state index in [1.165, 1.54) is 71.5 Å². The number of imide groups is 2. The zero-order valence-corrected chi connectivity index (χ0v) is 75.0. The molecule has 0 aliphatic carbocycles. The molecule has 33 heteroatoms. The van der Waals surface area contributed by atoms with Crippen molar-refractivity contribution in [2.45, 2.75) is 124 Å². The SMILES string of the molecule is C.C.COC(=O)c1ccc(-c2nc(Br)cnc2N)cc1F.COC(=O)c1ccc(-c2nc(C3=CN(Cc4ccc(OC)cc4)C(=O)CC3)cnc2N)cc1F.COc1ccc(CCl)cc1.COc1ccc(CN2C(=O)CCCC2=O)cc1.COc1ccc(CN2C=C(I)CCC2=O)cc1.COc1ccc(CN2C=CCCC2=O)cc1.O=C1CCCC(=O)N1.[CH3-].[Pd]. The minimum absolute atomic E-state index is 0. The number of amides is 7. The number of anilines is 2. The van der Waals surface area contributed by atoms with E-state index in [4.69, 9.17) is 46.8 Å². The van der Waals surface area contributed by atoms with E-state index in [1.807, 2.05) is 140 Å². The number of carbonyl (C=O) groups excluding carboxylic acids is 9. The molecule has 5 aliphatic rings. The fraction of sp³-hybridized carbons (Fsp3) is 0.283. The molecule has 0 atom stereocenters. The topological polar surface area (TPSA) is 347 Å². The Hall–Kier alpha value is -11.8. The number of likely N-dealkylation sites (tertiary alicyclic amines) is 1. The van der Waals surface area contributed by atoms with Crippen LogP contribution in [0.5, 0.6) is 28.7 Å². The number of hydrogen-bond donors (Lipinski definition) is 3. The summed E-state index contributed by atoms with van der Waals surface area (Å²) in [7, 11) is 10.5. The van der Waals surface area contributed by atoms with Gasteiger partial charge in [0.1, 0.15) is 68.0 Å². The molecule has 5 aliphatic heterocycles. The molecular weight excluding hydrogens is 1900 g/mol. The van der Waals surface area contributed by atoms with Gasteiger partial charge in [0, 0.05) is 105 Å². The molecule has 0 radical (unpaired) electrons. The summed E-state index contributed by atoms with van der Waals surface area (Å²) in [6.45, 7) is 2.04. The van der Waals surface area contributed by atoms with Gasteiger partial charge in [-0.1, -0.05) is 93.7 Å². The van der Waals surface area contributed by atoms with Gasteiger partial charge in [-0.15, -0.1) is 11.6 Å². The van der Waals surface area contributed by atoms with Crippen molar-refractivity contribution in [2.75, 3.05) is 61.2 Å². The first-order chi connectivity index (χ1) is 58.2. The number of methoxy groups -OCH3 is 7. The van der Waals surface area contributed by atoms with E-state index in [0.717, 1.165) is 75.0 Å². The number of allylic oxidation sites excluding steroid dienone is 3. The summed E-state index contributed by atoms with van der Waals surface area (Å²) in [6.07, 6.45) is 17.7. The van der Waals surface area contributed by atoms with E-state index in [9.17, 15) is 51.9 Å². The molecule has 2 fully saturated rings. The molecule has 5 N–H and O–H groups in total. The quantitative estimate of drug-likeness (QED) is 0.0169. The van der Waals surface area contributed by atoms with Crippen LogP contribution in [0.4, 0.5) is 20.4 Å². The Bertz CT molecular complexity index is 5140. The molecule has 668 valence electrons. The molecule has 27 nitrogen and oxygen atoms in total. The number of nitrogen functional groups attached to an aromatic ring is 2. The standard InChI is InChI=1S/C25H23FN4O4.C13H14INO2.C13H15NO3.C13H15NO2.C12H9BrFN3O2.C8H9ClO.C5H7NO2.2CH4.CH3.Pd/c1-33-18-7-3-15(4-8-18)13-30-14-17(6-10-22(30)31)21-12-28-24(27)23(29-21)16-5-9-19(20(26)11-16)25(32)34-2;1-17-12-5-2-10(3-6-12)8-15-9-11(14)4-7-13(15)16;1-17-11-7-5-10(6-8-11)9-14-12(15)3-2-4-13(14)16;1-16-12-7-5-11(6-8-12)10-14-9-3-2-4-13(14)15;1-19-12(18)7-3-2-6(4-8(7)14)10-11(15)16-5-9(13)17-10;1-10-8-4-2-7(6-9)3-5-8;7-4-2-1-3-5(8)6-4;;;;/h3-5,7-9,11-12,14H,6,10,13H2,1-2H3,(H2,27,28);2-3,5-6,9H,4,7-8H2,1H3;5-8H,2-4,9H2,1H3;3,5-9H,2,4,10H2,1H3;2-5H,1H3,(H2,15,16);2-5H,6H2,1H3;1-3H2,(H,6,7,8);2*1H4;1H3;/q;;;;;;;;;-1;. The van der Waals surface area contributed by atoms with Crippen molar-refractivity contribution in [1.82, 2.24) is 44.9 Å². The van der Waals surface area contributed by atoms with E-state index in [1.54, 1.807) is 56.4 Å². The van der Waals surface area contributed by atoms with E-state index in [-0.39, 0.29) is 113 Å². The minimum Gasteiger partial charge on any atom is -0.497 e. The second-order valence-corrected chi connectivity index (χ2v) is 29.4.